The van der Waals surface area contributed by atoms with E-state index in [1.165, 1.54) is 0 Å². The van der Waals surface area contributed by atoms with Gasteiger partial charge in [-0.25, -0.2) is 9.97 Å². The van der Waals surface area contributed by atoms with Crippen molar-refractivity contribution in [2.24, 2.45) is 0 Å². The van der Waals surface area contributed by atoms with E-state index in [9.17, 15) is 0 Å². The molecule has 4 nitrogen and oxygen atoms in total. The Balaban J connectivity index is 2.08. The number of imidazole rings is 1. The predicted octanol–water partition coefficient (Wildman–Crippen LogP) is 3.44. The maximum Gasteiger partial charge on any atom is 0.218 e. The van der Waals surface area contributed by atoms with Crippen LogP contribution in [0.2, 0.25) is 0 Å². The van der Waals surface area contributed by atoms with Crippen LogP contribution in [0.5, 0.6) is 5.88 Å². The van der Waals surface area contributed by atoms with E-state index in [2.05, 4.69) is 40.7 Å². The SMILES string of the molecule is CCCc1nc2ccccc2n1Cc1cccnc1OC. The summed E-state index contributed by atoms with van der Waals surface area (Å²) in [6.07, 6.45) is 3.80. The fraction of sp³-hybridized carbons (Fsp3) is 0.294. The molecule has 2 aromatic heterocycles. The third-order valence-corrected chi connectivity index (χ3v) is 3.58. The molecule has 0 atom stereocenters. The van der Waals surface area contributed by atoms with Crippen molar-refractivity contribution in [2.75, 3.05) is 7.11 Å². The first-order valence-electron chi connectivity index (χ1n) is 7.25. The minimum absolute atomic E-state index is 0.678. The number of aromatic nitrogens is 3. The highest BCUT2D eigenvalue weighted by molar-refractivity contribution is 5.76. The minimum atomic E-state index is 0.678. The van der Waals surface area contributed by atoms with Gasteiger partial charge in [0.05, 0.1) is 24.7 Å². The van der Waals surface area contributed by atoms with Gasteiger partial charge < -0.3 is 9.30 Å². The Morgan fingerprint density at radius 1 is 1.14 bits per heavy atom. The van der Waals surface area contributed by atoms with Gasteiger partial charge in [0.1, 0.15) is 5.82 Å². The van der Waals surface area contributed by atoms with Crippen molar-refractivity contribution in [2.45, 2.75) is 26.3 Å². The topological polar surface area (TPSA) is 39.9 Å². The molecule has 0 fully saturated rings. The molecule has 0 unspecified atom stereocenters. The van der Waals surface area contributed by atoms with Crippen LogP contribution in [0.1, 0.15) is 24.7 Å². The van der Waals surface area contributed by atoms with Gasteiger partial charge in [0.2, 0.25) is 5.88 Å². The molecule has 3 aromatic rings. The highest BCUT2D eigenvalue weighted by Gasteiger charge is 2.12. The molecule has 0 aliphatic rings. The third kappa shape index (κ3) is 2.61. The molecule has 108 valence electrons. The molecule has 21 heavy (non-hydrogen) atoms. The Bertz CT molecular complexity index is 749. The molecule has 0 saturated carbocycles. The van der Waals surface area contributed by atoms with Gasteiger partial charge in [0, 0.05) is 18.2 Å². The lowest BCUT2D eigenvalue weighted by molar-refractivity contribution is 0.391. The van der Waals surface area contributed by atoms with Crippen molar-refractivity contribution in [1.82, 2.24) is 14.5 Å². The van der Waals surface area contributed by atoms with E-state index in [1.54, 1.807) is 13.3 Å². The van der Waals surface area contributed by atoms with E-state index >= 15 is 0 Å². The Labute approximate surface area is 124 Å². The second-order valence-corrected chi connectivity index (χ2v) is 5.02. The van der Waals surface area contributed by atoms with Crippen LogP contribution in [0.15, 0.2) is 42.6 Å². The zero-order valence-electron chi connectivity index (χ0n) is 12.4. The lowest BCUT2D eigenvalue weighted by Crippen LogP contribution is -2.07. The number of methoxy groups -OCH3 is 1. The Kier molecular flexibility index (Phi) is 3.86. The van der Waals surface area contributed by atoms with Crippen molar-refractivity contribution in [3.8, 4) is 5.88 Å². The molecule has 3 rings (SSSR count). The molecular weight excluding hydrogens is 262 g/mol. The molecule has 0 aliphatic heterocycles. The minimum Gasteiger partial charge on any atom is -0.481 e. The number of pyridine rings is 1. The second kappa shape index (κ2) is 5.95. The van der Waals surface area contributed by atoms with Gasteiger partial charge in [-0.2, -0.15) is 0 Å². The number of rotatable bonds is 5. The van der Waals surface area contributed by atoms with Crippen molar-refractivity contribution in [3.05, 3.63) is 54.0 Å². The Morgan fingerprint density at radius 2 is 2.00 bits per heavy atom. The summed E-state index contributed by atoms with van der Waals surface area (Å²) < 4.78 is 7.62. The number of hydrogen-bond donors (Lipinski definition) is 0. The standard InChI is InChI=1S/C17H19N3O/c1-3-7-16-19-14-9-4-5-10-15(14)20(16)12-13-8-6-11-18-17(13)21-2/h4-6,8-11H,3,7,12H2,1-2H3. The van der Waals surface area contributed by atoms with E-state index < -0.39 is 0 Å². The maximum atomic E-state index is 5.36. The lowest BCUT2D eigenvalue weighted by atomic mass is 10.2. The molecular formula is C17H19N3O. The number of benzene rings is 1. The Morgan fingerprint density at radius 3 is 2.81 bits per heavy atom. The summed E-state index contributed by atoms with van der Waals surface area (Å²) in [6, 6.07) is 12.2. The first-order valence-corrected chi connectivity index (χ1v) is 7.25. The predicted molar refractivity (Wildman–Crippen MR) is 83.6 cm³/mol. The van der Waals surface area contributed by atoms with Crippen molar-refractivity contribution in [3.63, 3.8) is 0 Å². The summed E-state index contributed by atoms with van der Waals surface area (Å²) >= 11 is 0. The second-order valence-electron chi connectivity index (χ2n) is 5.02. The number of fused-ring (bicyclic) bond motifs is 1. The van der Waals surface area contributed by atoms with Gasteiger partial charge in [-0.15, -0.1) is 0 Å². The molecule has 0 aliphatic carbocycles. The molecule has 0 N–H and O–H groups in total. The van der Waals surface area contributed by atoms with Gasteiger partial charge in [-0.05, 0) is 24.6 Å². The van der Waals surface area contributed by atoms with Gasteiger partial charge in [-0.3, -0.25) is 0 Å². The van der Waals surface area contributed by atoms with Gasteiger partial charge >= 0.3 is 0 Å². The quantitative estimate of drug-likeness (QED) is 0.719. The molecule has 0 spiro atoms. The van der Waals surface area contributed by atoms with Crippen LogP contribution in [0, 0.1) is 0 Å². The smallest absolute Gasteiger partial charge is 0.218 e. The number of hydrogen-bond acceptors (Lipinski definition) is 3. The average molecular weight is 281 g/mol. The van der Waals surface area contributed by atoms with Crippen LogP contribution in [0.4, 0.5) is 0 Å². The summed E-state index contributed by atoms with van der Waals surface area (Å²) in [4.78, 5) is 9.03. The number of aryl methyl sites for hydroxylation is 1. The van der Waals surface area contributed by atoms with E-state index in [1.807, 2.05) is 12.1 Å². The van der Waals surface area contributed by atoms with Crippen LogP contribution < -0.4 is 4.74 Å². The molecule has 2 heterocycles. The van der Waals surface area contributed by atoms with Crippen LogP contribution in [0.25, 0.3) is 11.0 Å². The molecule has 0 amide bonds. The normalized spacial score (nSPS) is 11.0. The summed E-state index contributed by atoms with van der Waals surface area (Å²) in [6.45, 7) is 2.90. The third-order valence-electron chi connectivity index (χ3n) is 3.58. The molecule has 0 radical (unpaired) electrons. The maximum absolute atomic E-state index is 5.36. The van der Waals surface area contributed by atoms with E-state index in [-0.39, 0.29) is 0 Å². The van der Waals surface area contributed by atoms with E-state index in [0.717, 1.165) is 41.8 Å². The van der Waals surface area contributed by atoms with Crippen molar-refractivity contribution >= 4 is 11.0 Å². The summed E-state index contributed by atoms with van der Waals surface area (Å²) in [5, 5.41) is 0. The van der Waals surface area contributed by atoms with Crippen LogP contribution >= 0.6 is 0 Å². The first-order chi connectivity index (χ1) is 10.3. The van der Waals surface area contributed by atoms with E-state index in [4.69, 9.17) is 9.72 Å². The highest BCUT2D eigenvalue weighted by atomic mass is 16.5. The van der Waals surface area contributed by atoms with Crippen molar-refractivity contribution < 1.29 is 4.74 Å². The molecule has 4 heteroatoms. The largest absolute Gasteiger partial charge is 0.481 e. The summed E-state index contributed by atoms with van der Waals surface area (Å²) in [5.41, 5.74) is 3.27. The molecule has 0 bridgehead atoms. The summed E-state index contributed by atoms with van der Waals surface area (Å²) in [7, 11) is 1.66. The van der Waals surface area contributed by atoms with E-state index in [0.29, 0.717) is 5.88 Å². The van der Waals surface area contributed by atoms with Crippen molar-refractivity contribution in [1.29, 1.82) is 0 Å². The zero-order chi connectivity index (χ0) is 14.7. The fourth-order valence-corrected chi connectivity index (χ4v) is 2.61. The fourth-order valence-electron chi connectivity index (χ4n) is 2.61. The number of para-hydroxylation sites is 2. The van der Waals surface area contributed by atoms with Gasteiger partial charge in [0.15, 0.2) is 0 Å². The van der Waals surface area contributed by atoms with Crippen LogP contribution in [-0.2, 0) is 13.0 Å². The highest BCUT2D eigenvalue weighted by Crippen LogP contribution is 2.22. The monoisotopic (exact) mass is 281 g/mol. The zero-order valence-corrected chi connectivity index (χ0v) is 12.4. The number of nitrogens with zero attached hydrogens (tertiary/aromatic N) is 3. The number of ether oxygens (including phenoxy) is 1. The van der Waals surface area contributed by atoms with Gasteiger partial charge in [-0.1, -0.05) is 25.1 Å². The summed E-state index contributed by atoms with van der Waals surface area (Å²) in [5.74, 6) is 1.79. The van der Waals surface area contributed by atoms with Crippen LogP contribution in [-0.4, -0.2) is 21.6 Å². The first kappa shape index (κ1) is 13.6. The Hall–Kier alpha value is -2.36. The van der Waals surface area contributed by atoms with Gasteiger partial charge in [0.25, 0.3) is 0 Å². The lowest BCUT2D eigenvalue weighted by Gasteiger charge is -2.11. The van der Waals surface area contributed by atoms with Crippen LogP contribution in [0.3, 0.4) is 0 Å². The molecule has 1 aromatic carbocycles. The molecule has 0 saturated heterocycles. The average Bonchev–Trinajstić information content (AvgIpc) is 2.86.